The van der Waals surface area contributed by atoms with Crippen LogP contribution in [-0.2, 0) is 16.0 Å². The van der Waals surface area contributed by atoms with Crippen LogP contribution in [0.15, 0.2) is 18.2 Å². The highest BCUT2D eigenvalue weighted by atomic mass is 16.6. The molecule has 0 aliphatic carbocycles. The van der Waals surface area contributed by atoms with Gasteiger partial charge in [-0.15, -0.1) is 0 Å². The highest BCUT2D eigenvalue weighted by Crippen LogP contribution is 2.28. The number of fused-ring (bicyclic) bond motifs is 1. The zero-order valence-electron chi connectivity index (χ0n) is 12.1. The molecule has 2 amide bonds. The van der Waals surface area contributed by atoms with Crippen LogP contribution in [0.5, 0.6) is 0 Å². The highest BCUT2D eigenvalue weighted by molar-refractivity contribution is 5.99. The smallest absolute Gasteiger partial charge is 0.409 e. The van der Waals surface area contributed by atoms with Gasteiger partial charge in [0.2, 0.25) is 5.91 Å². The highest BCUT2D eigenvalue weighted by Gasteiger charge is 2.24. The summed E-state index contributed by atoms with van der Waals surface area (Å²) in [6.07, 6.45) is 0.215. The van der Waals surface area contributed by atoms with Crippen molar-refractivity contribution in [1.29, 1.82) is 0 Å². The number of carbonyl (C=O) groups excluding carboxylic acids is 2. The molecule has 2 aliphatic heterocycles. The molecule has 3 rings (SSSR count). The van der Waals surface area contributed by atoms with E-state index in [4.69, 9.17) is 4.74 Å². The molecule has 0 spiro atoms. The molecule has 6 heteroatoms. The van der Waals surface area contributed by atoms with Crippen LogP contribution in [0.2, 0.25) is 0 Å². The van der Waals surface area contributed by atoms with Crippen molar-refractivity contribution >= 4 is 23.4 Å². The predicted molar refractivity (Wildman–Crippen MR) is 79.6 cm³/mol. The zero-order valence-corrected chi connectivity index (χ0v) is 12.1. The van der Waals surface area contributed by atoms with Crippen LogP contribution in [0.3, 0.4) is 0 Å². The number of hydrogen-bond donors (Lipinski definition) is 1. The Balaban J connectivity index is 1.64. The summed E-state index contributed by atoms with van der Waals surface area (Å²) in [7, 11) is 0. The fourth-order valence-electron chi connectivity index (χ4n) is 2.77. The maximum absolute atomic E-state index is 11.7. The SMILES string of the molecule is CCOC(=O)N1CCN(c2ccc3c(c2)CC(=O)N3)CC1. The molecule has 0 saturated carbocycles. The molecular formula is C15H19N3O3. The lowest BCUT2D eigenvalue weighted by Crippen LogP contribution is -2.49. The lowest BCUT2D eigenvalue weighted by atomic mass is 10.1. The van der Waals surface area contributed by atoms with Crippen molar-refractivity contribution in [3.8, 4) is 0 Å². The number of carbonyl (C=O) groups is 2. The van der Waals surface area contributed by atoms with Crippen molar-refractivity contribution in [2.45, 2.75) is 13.3 Å². The van der Waals surface area contributed by atoms with Crippen LogP contribution >= 0.6 is 0 Å². The van der Waals surface area contributed by atoms with Crippen LogP contribution in [0.25, 0.3) is 0 Å². The van der Waals surface area contributed by atoms with Gasteiger partial charge in [0, 0.05) is 37.6 Å². The molecular weight excluding hydrogens is 270 g/mol. The van der Waals surface area contributed by atoms with Gasteiger partial charge in [0.05, 0.1) is 13.0 Å². The molecule has 2 heterocycles. The summed E-state index contributed by atoms with van der Waals surface area (Å²) in [4.78, 5) is 27.0. The number of amides is 2. The predicted octanol–water partition coefficient (Wildman–Crippen LogP) is 1.46. The minimum atomic E-state index is -0.235. The molecule has 1 aromatic carbocycles. The van der Waals surface area contributed by atoms with Gasteiger partial charge < -0.3 is 19.9 Å². The Bertz CT molecular complexity index is 565. The van der Waals surface area contributed by atoms with Crippen LogP contribution in [0.1, 0.15) is 12.5 Å². The van der Waals surface area contributed by atoms with E-state index in [-0.39, 0.29) is 12.0 Å². The molecule has 0 aromatic heterocycles. The van der Waals surface area contributed by atoms with Crippen molar-refractivity contribution in [1.82, 2.24) is 4.90 Å². The van der Waals surface area contributed by atoms with Gasteiger partial charge in [-0.1, -0.05) is 0 Å². The van der Waals surface area contributed by atoms with E-state index in [1.807, 2.05) is 19.1 Å². The van der Waals surface area contributed by atoms with Gasteiger partial charge in [-0.2, -0.15) is 0 Å². The summed E-state index contributed by atoms with van der Waals surface area (Å²) in [5.74, 6) is 0.0503. The molecule has 6 nitrogen and oxygen atoms in total. The second-order valence-corrected chi connectivity index (χ2v) is 5.24. The molecule has 1 N–H and O–H groups in total. The van der Waals surface area contributed by atoms with E-state index >= 15 is 0 Å². The number of nitrogens with one attached hydrogen (secondary N) is 1. The van der Waals surface area contributed by atoms with E-state index < -0.39 is 0 Å². The normalized spacial score (nSPS) is 17.5. The van der Waals surface area contributed by atoms with Crippen molar-refractivity contribution in [3.05, 3.63) is 23.8 Å². The lowest BCUT2D eigenvalue weighted by Gasteiger charge is -2.35. The van der Waals surface area contributed by atoms with E-state index in [0.717, 1.165) is 30.0 Å². The van der Waals surface area contributed by atoms with Crippen molar-refractivity contribution in [3.63, 3.8) is 0 Å². The Kier molecular flexibility index (Phi) is 3.68. The summed E-state index contributed by atoms with van der Waals surface area (Å²) in [5.41, 5.74) is 3.06. The Hall–Kier alpha value is -2.24. The fourth-order valence-corrected chi connectivity index (χ4v) is 2.77. The number of piperazine rings is 1. The Morgan fingerprint density at radius 3 is 2.76 bits per heavy atom. The molecule has 2 aliphatic rings. The standard InChI is InChI=1S/C15H19N3O3/c1-2-21-15(20)18-7-5-17(6-8-18)12-3-4-13-11(9-12)10-14(19)16-13/h3-4,9H,2,5-8,10H2,1H3,(H,16,19). The number of benzene rings is 1. The topological polar surface area (TPSA) is 61.9 Å². The third-order valence-corrected chi connectivity index (χ3v) is 3.88. The summed E-state index contributed by atoms with van der Waals surface area (Å²) < 4.78 is 5.02. The first-order valence-corrected chi connectivity index (χ1v) is 7.27. The Labute approximate surface area is 123 Å². The monoisotopic (exact) mass is 289 g/mol. The summed E-state index contributed by atoms with van der Waals surface area (Å²) >= 11 is 0. The van der Waals surface area contributed by atoms with E-state index in [1.54, 1.807) is 4.90 Å². The first-order valence-electron chi connectivity index (χ1n) is 7.27. The van der Waals surface area contributed by atoms with E-state index in [0.29, 0.717) is 26.1 Å². The lowest BCUT2D eigenvalue weighted by molar-refractivity contribution is -0.115. The number of hydrogen-bond acceptors (Lipinski definition) is 4. The number of anilines is 2. The summed E-state index contributed by atoms with van der Waals surface area (Å²) in [6, 6.07) is 6.03. The second-order valence-electron chi connectivity index (χ2n) is 5.24. The maximum Gasteiger partial charge on any atom is 0.409 e. The molecule has 1 aromatic rings. The summed E-state index contributed by atoms with van der Waals surface area (Å²) in [6.45, 7) is 5.09. The minimum Gasteiger partial charge on any atom is -0.450 e. The van der Waals surface area contributed by atoms with Gasteiger partial charge in [0.25, 0.3) is 0 Å². The molecule has 21 heavy (non-hydrogen) atoms. The molecule has 0 atom stereocenters. The second kappa shape index (κ2) is 5.63. The van der Waals surface area contributed by atoms with Crippen molar-refractivity contribution < 1.29 is 14.3 Å². The van der Waals surface area contributed by atoms with Gasteiger partial charge >= 0.3 is 6.09 Å². The van der Waals surface area contributed by atoms with Crippen molar-refractivity contribution in [2.75, 3.05) is 43.0 Å². The van der Waals surface area contributed by atoms with E-state index in [2.05, 4.69) is 16.3 Å². The van der Waals surface area contributed by atoms with Crippen LogP contribution in [0, 0.1) is 0 Å². The largest absolute Gasteiger partial charge is 0.450 e. The van der Waals surface area contributed by atoms with Crippen molar-refractivity contribution in [2.24, 2.45) is 0 Å². The average Bonchev–Trinajstić information content (AvgIpc) is 2.86. The molecule has 0 unspecified atom stereocenters. The first kappa shape index (κ1) is 13.7. The third kappa shape index (κ3) is 2.79. The van der Waals surface area contributed by atoms with Gasteiger partial charge in [0.15, 0.2) is 0 Å². The maximum atomic E-state index is 11.7. The molecule has 0 bridgehead atoms. The number of nitrogens with zero attached hydrogens (tertiary/aromatic N) is 2. The minimum absolute atomic E-state index is 0.0503. The van der Waals surface area contributed by atoms with Gasteiger partial charge in [-0.05, 0) is 30.7 Å². The first-order chi connectivity index (χ1) is 10.2. The van der Waals surface area contributed by atoms with Gasteiger partial charge in [0.1, 0.15) is 0 Å². The summed E-state index contributed by atoms with van der Waals surface area (Å²) in [5, 5.41) is 2.84. The van der Waals surface area contributed by atoms with E-state index in [9.17, 15) is 9.59 Å². The number of rotatable bonds is 2. The molecule has 1 saturated heterocycles. The zero-order chi connectivity index (χ0) is 14.8. The van der Waals surface area contributed by atoms with Gasteiger partial charge in [-0.3, -0.25) is 4.79 Å². The molecule has 1 fully saturated rings. The Morgan fingerprint density at radius 1 is 1.29 bits per heavy atom. The van der Waals surface area contributed by atoms with Crippen LogP contribution in [0.4, 0.5) is 16.2 Å². The molecule has 0 radical (unpaired) electrons. The molecule has 112 valence electrons. The number of ether oxygens (including phenoxy) is 1. The third-order valence-electron chi connectivity index (χ3n) is 3.88. The Morgan fingerprint density at radius 2 is 2.05 bits per heavy atom. The average molecular weight is 289 g/mol. The van der Waals surface area contributed by atoms with Crippen LogP contribution in [-0.4, -0.2) is 49.7 Å². The van der Waals surface area contributed by atoms with Gasteiger partial charge in [-0.25, -0.2) is 4.79 Å². The fraction of sp³-hybridized carbons (Fsp3) is 0.467. The quantitative estimate of drug-likeness (QED) is 0.895. The van der Waals surface area contributed by atoms with Crippen LogP contribution < -0.4 is 10.2 Å². The van der Waals surface area contributed by atoms with E-state index in [1.165, 1.54) is 0 Å².